The molecule has 0 spiro atoms. The van der Waals surface area contributed by atoms with Gasteiger partial charge in [0.1, 0.15) is 0 Å². The van der Waals surface area contributed by atoms with E-state index in [9.17, 15) is 0 Å². The lowest BCUT2D eigenvalue weighted by Crippen LogP contribution is -2.21. The third-order valence-corrected chi connectivity index (χ3v) is 3.57. The highest BCUT2D eigenvalue weighted by Gasteiger charge is 2.09. The van der Waals surface area contributed by atoms with Crippen LogP contribution in [0.4, 0.5) is 0 Å². The molecule has 0 saturated carbocycles. The molecular formula is C16H19BrN2. The molecule has 19 heavy (non-hydrogen) atoms. The first-order chi connectivity index (χ1) is 9.29. The predicted molar refractivity (Wildman–Crippen MR) is 82.9 cm³/mol. The van der Waals surface area contributed by atoms with Gasteiger partial charge in [0.25, 0.3) is 0 Å². The maximum absolute atomic E-state index is 4.39. The SMILES string of the molecule is CCCC(NCc1ccc(Br)cn1)c1ccccc1. The normalized spacial score (nSPS) is 12.3. The number of nitrogens with one attached hydrogen (secondary N) is 1. The van der Waals surface area contributed by atoms with Crippen molar-refractivity contribution in [2.45, 2.75) is 32.4 Å². The van der Waals surface area contributed by atoms with Crippen molar-refractivity contribution in [2.24, 2.45) is 0 Å². The van der Waals surface area contributed by atoms with E-state index in [2.05, 4.69) is 63.5 Å². The molecule has 1 N–H and O–H groups in total. The highest BCUT2D eigenvalue weighted by atomic mass is 79.9. The molecule has 1 aromatic heterocycles. The Labute approximate surface area is 123 Å². The molecule has 0 radical (unpaired) electrons. The van der Waals surface area contributed by atoms with Crippen LogP contribution in [-0.4, -0.2) is 4.98 Å². The molecule has 2 aromatic rings. The van der Waals surface area contributed by atoms with Crippen molar-refractivity contribution in [3.63, 3.8) is 0 Å². The first kappa shape index (κ1) is 14.2. The number of pyridine rings is 1. The topological polar surface area (TPSA) is 24.9 Å². The van der Waals surface area contributed by atoms with E-state index < -0.39 is 0 Å². The summed E-state index contributed by atoms with van der Waals surface area (Å²) in [5.74, 6) is 0. The van der Waals surface area contributed by atoms with Crippen LogP contribution >= 0.6 is 15.9 Å². The van der Waals surface area contributed by atoms with Crippen molar-refractivity contribution in [1.29, 1.82) is 0 Å². The minimum absolute atomic E-state index is 0.400. The van der Waals surface area contributed by atoms with Crippen molar-refractivity contribution >= 4 is 15.9 Å². The Hall–Kier alpha value is -1.19. The average Bonchev–Trinajstić information content (AvgIpc) is 2.46. The van der Waals surface area contributed by atoms with Crippen LogP contribution in [0.5, 0.6) is 0 Å². The second-order valence-electron chi connectivity index (χ2n) is 4.60. The molecule has 1 heterocycles. The van der Waals surface area contributed by atoms with E-state index in [-0.39, 0.29) is 0 Å². The van der Waals surface area contributed by atoms with Crippen molar-refractivity contribution in [3.05, 3.63) is 64.4 Å². The minimum atomic E-state index is 0.400. The Morgan fingerprint density at radius 3 is 2.58 bits per heavy atom. The molecule has 1 aromatic carbocycles. The van der Waals surface area contributed by atoms with E-state index in [1.807, 2.05) is 18.3 Å². The van der Waals surface area contributed by atoms with Crippen molar-refractivity contribution < 1.29 is 0 Å². The lowest BCUT2D eigenvalue weighted by Gasteiger charge is -2.18. The Morgan fingerprint density at radius 1 is 1.16 bits per heavy atom. The fourth-order valence-electron chi connectivity index (χ4n) is 2.10. The second-order valence-corrected chi connectivity index (χ2v) is 5.52. The zero-order valence-corrected chi connectivity index (χ0v) is 12.7. The molecule has 1 unspecified atom stereocenters. The molecule has 0 fully saturated rings. The van der Waals surface area contributed by atoms with E-state index in [4.69, 9.17) is 0 Å². The summed E-state index contributed by atoms with van der Waals surface area (Å²) in [6, 6.07) is 15.1. The minimum Gasteiger partial charge on any atom is -0.304 e. The summed E-state index contributed by atoms with van der Waals surface area (Å²) in [5, 5.41) is 3.59. The van der Waals surface area contributed by atoms with Gasteiger partial charge in [0.05, 0.1) is 5.69 Å². The number of aromatic nitrogens is 1. The molecule has 0 aliphatic carbocycles. The van der Waals surface area contributed by atoms with E-state index in [0.717, 1.165) is 23.1 Å². The molecule has 2 nitrogen and oxygen atoms in total. The van der Waals surface area contributed by atoms with Crippen LogP contribution in [-0.2, 0) is 6.54 Å². The molecule has 1 atom stereocenters. The standard InChI is InChI=1S/C16H19BrN2/c1-2-6-16(13-7-4-3-5-8-13)19-12-15-10-9-14(17)11-18-15/h3-5,7-11,16,19H,2,6,12H2,1H3. The van der Waals surface area contributed by atoms with Gasteiger partial charge in [0.2, 0.25) is 0 Å². The first-order valence-corrected chi connectivity index (χ1v) is 7.47. The van der Waals surface area contributed by atoms with Gasteiger partial charge in [0.15, 0.2) is 0 Å². The van der Waals surface area contributed by atoms with E-state index in [1.165, 1.54) is 12.0 Å². The predicted octanol–water partition coefficient (Wildman–Crippen LogP) is 4.48. The van der Waals surface area contributed by atoms with Crippen LogP contribution in [0.15, 0.2) is 53.1 Å². The number of halogens is 1. The maximum Gasteiger partial charge on any atom is 0.0542 e. The Kier molecular flexibility index (Phi) is 5.55. The number of hydrogen-bond acceptors (Lipinski definition) is 2. The van der Waals surface area contributed by atoms with Crippen LogP contribution in [0.3, 0.4) is 0 Å². The van der Waals surface area contributed by atoms with Crippen LogP contribution in [0.25, 0.3) is 0 Å². The highest BCUT2D eigenvalue weighted by Crippen LogP contribution is 2.18. The summed E-state index contributed by atoms with van der Waals surface area (Å²) in [6.07, 6.45) is 4.15. The van der Waals surface area contributed by atoms with Gasteiger partial charge in [-0.15, -0.1) is 0 Å². The summed E-state index contributed by atoms with van der Waals surface area (Å²) < 4.78 is 1.02. The van der Waals surface area contributed by atoms with Crippen molar-refractivity contribution in [1.82, 2.24) is 10.3 Å². The van der Waals surface area contributed by atoms with Gasteiger partial charge in [-0.05, 0) is 40.0 Å². The fraction of sp³-hybridized carbons (Fsp3) is 0.312. The van der Waals surface area contributed by atoms with Gasteiger partial charge in [-0.2, -0.15) is 0 Å². The number of hydrogen-bond donors (Lipinski definition) is 1. The fourth-order valence-corrected chi connectivity index (χ4v) is 2.33. The van der Waals surface area contributed by atoms with E-state index in [0.29, 0.717) is 6.04 Å². The van der Waals surface area contributed by atoms with Crippen LogP contribution in [0, 0.1) is 0 Å². The molecule has 0 aliphatic heterocycles. The summed E-state index contributed by atoms with van der Waals surface area (Å²) in [6.45, 7) is 3.02. The van der Waals surface area contributed by atoms with Crippen LogP contribution in [0.2, 0.25) is 0 Å². The summed E-state index contributed by atoms with van der Waals surface area (Å²) >= 11 is 3.40. The summed E-state index contributed by atoms with van der Waals surface area (Å²) in [5.41, 5.74) is 2.42. The second kappa shape index (κ2) is 7.41. The number of nitrogens with zero attached hydrogens (tertiary/aromatic N) is 1. The van der Waals surface area contributed by atoms with Gasteiger partial charge in [-0.25, -0.2) is 0 Å². The smallest absolute Gasteiger partial charge is 0.0542 e. The summed E-state index contributed by atoms with van der Waals surface area (Å²) in [4.78, 5) is 4.39. The number of benzene rings is 1. The van der Waals surface area contributed by atoms with E-state index >= 15 is 0 Å². The highest BCUT2D eigenvalue weighted by molar-refractivity contribution is 9.10. The van der Waals surface area contributed by atoms with Crippen LogP contribution < -0.4 is 5.32 Å². The summed E-state index contributed by atoms with van der Waals surface area (Å²) in [7, 11) is 0. The molecule has 3 heteroatoms. The zero-order valence-electron chi connectivity index (χ0n) is 11.1. The van der Waals surface area contributed by atoms with E-state index in [1.54, 1.807) is 0 Å². The lowest BCUT2D eigenvalue weighted by molar-refractivity contribution is 0.490. The third kappa shape index (κ3) is 4.44. The maximum atomic E-state index is 4.39. The molecule has 100 valence electrons. The molecule has 0 saturated heterocycles. The Morgan fingerprint density at radius 2 is 1.95 bits per heavy atom. The first-order valence-electron chi connectivity index (χ1n) is 6.68. The van der Waals surface area contributed by atoms with Gasteiger partial charge in [-0.1, -0.05) is 43.7 Å². The van der Waals surface area contributed by atoms with Gasteiger partial charge >= 0.3 is 0 Å². The largest absolute Gasteiger partial charge is 0.304 e. The van der Waals surface area contributed by atoms with Crippen molar-refractivity contribution in [3.8, 4) is 0 Å². The van der Waals surface area contributed by atoms with Crippen LogP contribution in [0.1, 0.15) is 37.1 Å². The quantitative estimate of drug-likeness (QED) is 0.849. The number of rotatable bonds is 6. The van der Waals surface area contributed by atoms with Crippen molar-refractivity contribution in [2.75, 3.05) is 0 Å². The average molecular weight is 319 g/mol. The monoisotopic (exact) mass is 318 g/mol. The zero-order chi connectivity index (χ0) is 13.5. The lowest BCUT2D eigenvalue weighted by atomic mass is 10.0. The van der Waals surface area contributed by atoms with Gasteiger partial charge in [-0.3, -0.25) is 4.98 Å². The molecular weight excluding hydrogens is 300 g/mol. The van der Waals surface area contributed by atoms with Gasteiger partial charge < -0.3 is 5.32 Å². The van der Waals surface area contributed by atoms with Gasteiger partial charge in [0, 0.05) is 23.3 Å². The molecule has 0 amide bonds. The molecule has 2 rings (SSSR count). The molecule has 0 aliphatic rings. The third-order valence-electron chi connectivity index (χ3n) is 3.10. The Bertz CT molecular complexity index is 482. The Balaban J connectivity index is 1.99. The molecule has 0 bridgehead atoms.